The zero-order valence-electron chi connectivity index (χ0n) is 19.0. The van der Waals surface area contributed by atoms with E-state index in [4.69, 9.17) is 25.5 Å². The molecule has 1 saturated heterocycles. The number of benzene rings is 2. The van der Waals surface area contributed by atoms with Crippen molar-refractivity contribution in [3.8, 4) is 11.5 Å². The Balaban J connectivity index is 1.25. The van der Waals surface area contributed by atoms with Gasteiger partial charge in [-0.3, -0.25) is 14.5 Å². The number of methoxy groups -OCH3 is 1. The van der Waals surface area contributed by atoms with Gasteiger partial charge in [-0.2, -0.15) is 0 Å². The van der Waals surface area contributed by atoms with Crippen molar-refractivity contribution in [2.24, 2.45) is 0 Å². The zero-order chi connectivity index (χ0) is 23.9. The molecule has 34 heavy (non-hydrogen) atoms. The second kappa shape index (κ2) is 11.2. The number of carbonyl (C=O) groups excluding carboxylic acids is 1. The summed E-state index contributed by atoms with van der Waals surface area (Å²) in [4.78, 5) is 29.1. The molecular formula is C26H27ClN2O5. The molecule has 0 N–H and O–H groups in total. The number of piperazine rings is 1. The van der Waals surface area contributed by atoms with Crippen molar-refractivity contribution in [1.82, 2.24) is 9.80 Å². The predicted octanol–water partition coefficient (Wildman–Crippen LogP) is 3.77. The van der Waals surface area contributed by atoms with E-state index in [0.29, 0.717) is 49.9 Å². The first-order chi connectivity index (χ1) is 16.5. The summed E-state index contributed by atoms with van der Waals surface area (Å²) in [7, 11) is 1.62. The fourth-order valence-electron chi connectivity index (χ4n) is 3.80. The Morgan fingerprint density at radius 2 is 1.79 bits per heavy atom. The van der Waals surface area contributed by atoms with Crippen molar-refractivity contribution < 1.29 is 18.7 Å². The Morgan fingerprint density at radius 1 is 1.06 bits per heavy atom. The lowest BCUT2D eigenvalue weighted by Gasteiger charge is -2.34. The molecule has 1 amide bonds. The molecule has 0 radical (unpaired) electrons. The average molecular weight is 483 g/mol. The van der Waals surface area contributed by atoms with Gasteiger partial charge in [-0.25, -0.2) is 0 Å². The van der Waals surface area contributed by atoms with Gasteiger partial charge in [-0.15, -0.1) is 0 Å². The van der Waals surface area contributed by atoms with Crippen LogP contribution in [0.3, 0.4) is 0 Å². The number of halogens is 1. The summed E-state index contributed by atoms with van der Waals surface area (Å²) in [5, 5.41) is 0.588. The van der Waals surface area contributed by atoms with Crippen LogP contribution < -0.4 is 14.9 Å². The SMILES string of the molecule is COc1ccc(CC(=O)N2CCN(Cc3cc(=O)c(OCc4ccccc4Cl)co3)CC2)cc1. The van der Waals surface area contributed by atoms with Crippen molar-refractivity contribution >= 4 is 17.5 Å². The standard InChI is InChI=1S/C26H27ClN2O5/c1-32-21-8-6-19(7-9-21)14-26(31)29-12-10-28(11-13-29)16-22-15-24(30)25(18-33-22)34-17-20-4-2-3-5-23(20)27/h2-9,15,18H,10-14,16-17H2,1H3. The van der Waals surface area contributed by atoms with Crippen LogP contribution >= 0.6 is 11.6 Å². The highest BCUT2D eigenvalue weighted by Crippen LogP contribution is 2.18. The summed E-state index contributed by atoms with van der Waals surface area (Å²) < 4.78 is 16.4. The molecule has 1 aliphatic heterocycles. The van der Waals surface area contributed by atoms with E-state index in [1.165, 1.54) is 12.3 Å². The Kier molecular flexibility index (Phi) is 7.87. The molecule has 0 bridgehead atoms. The molecule has 2 aromatic carbocycles. The maximum atomic E-state index is 12.6. The molecule has 8 heteroatoms. The van der Waals surface area contributed by atoms with Crippen LogP contribution in [0.25, 0.3) is 0 Å². The lowest BCUT2D eigenvalue weighted by Crippen LogP contribution is -2.48. The minimum absolute atomic E-state index is 0.108. The van der Waals surface area contributed by atoms with E-state index in [-0.39, 0.29) is 23.7 Å². The van der Waals surface area contributed by atoms with Crippen LogP contribution in [0.1, 0.15) is 16.9 Å². The van der Waals surface area contributed by atoms with Gasteiger partial charge in [0, 0.05) is 42.8 Å². The monoisotopic (exact) mass is 482 g/mol. The first-order valence-electron chi connectivity index (χ1n) is 11.1. The molecule has 0 saturated carbocycles. The molecule has 1 aromatic heterocycles. The average Bonchev–Trinajstić information content (AvgIpc) is 2.85. The summed E-state index contributed by atoms with van der Waals surface area (Å²) in [6.45, 7) is 3.39. The van der Waals surface area contributed by atoms with Crippen molar-refractivity contribution in [2.45, 2.75) is 19.6 Å². The molecule has 0 atom stereocenters. The smallest absolute Gasteiger partial charge is 0.227 e. The van der Waals surface area contributed by atoms with E-state index >= 15 is 0 Å². The number of rotatable bonds is 8. The fourth-order valence-corrected chi connectivity index (χ4v) is 3.99. The second-order valence-corrected chi connectivity index (χ2v) is 8.54. The summed E-state index contributed by atoms with van der Waals surface area (Å²) in [6.07, 6.45) is 1.72. The molecule has 0 spiro atoms. The van der Waals surface area contributed by atoms with Crippen LogP contribution in [0.4, 0.5) is 0 Å². The highest BCUT2D eigenvalue weighted by molar-refractivity contribution is 6.31. The van der Waals surface area contributed by atoms with Crippen molar-refractivity contribution in [2.75, 3.05) is 33.3 Å². The van der Waals surface area contributed by atoms with Gasteiger partial charge in [0.2, 0.25) is 17.1 Å². The molecule has 2 heterocycles. The number of ether oxygens (including phenoxy) is 2. The Bertz CT molecular complexity index is 1170. The van der Waals surface area contributed by atoms with Crippen LogP contribution in [-0.4, -0.2) is 49.0 Å². The van der Waals surface area contributed by atoms with E-state index in [2.05, 4.69) is 4.90 Å². The third-order valence-electron chi connectivity index (χ3n) is 5.81. The lowest BCUT2D eigenvalue weighted by atomic mass is 10.1. The first-order valence-corrected chi connectivity index (χ1v) is 11.5. The van der Waals surface area contributed by atoms with Crippen molar-refractivity contribution in [3.05, 3.63) is 93.0 Å². The Labute approximate surface area is 203 Å². The van der Waals surface area contributed by atoms with Crippen LogP contribution in [0, 0.1) is 0 Å². The molecule has 3 aromatic rings. The molecular weight excluding hydrogens is 456 g/mol. The molecule has 4 rings (SSSR count). The van der Waals surface area contributed by atoms with Crippen LogP contribution in [0.5, 0.6) is 11.5 Å². The zero-order valence-corrected chi connectivity index (χ0v) is 19.8. The van der Waals surface area contributed by atoms with Crippen LogP contribution in [0.2, 0.25) is 5.02 Å². The van der Waals surface area contributed by atoms with Gasteiger partial charge >= 0.3 is 0 Å². The van der Waals surface area contributed by atoms with Crippen molar-refractivity contribution in [3.63, 3.8) is 0 Å². The number of nitrogens with zero attached hydrogens (tertiary/aromatic N) is 2. The summed E-state index contributed by atoms with van der Waals surface area (Å²) in [5.41, 5.74) is 1.53. The number of hydrogen-bond donors (Lipinski definition) is 0. The van der Waals surface area contributed by atoms with Crippen molar-refractivity contribution in [1.29, 1.82) is 0 Å². The minimum Gasteiger partial charge on any atom is -0.497 e. The minimum atomic E-state index is -0.235. The van der Waals surface area contributed by atoms with Crippen LogP contribution in [-0.2, 0) is 24.4 Å². The van der Waals surface area contributed by atoms with E-state index in [0.717, 1.165) is 16.9 Å². The Hall–Kier alpha value is -3.29. The van der Waals surface area contributed by atoms with E-state index < -0.39 is 0 Å². The molecule has 1 fully saturated rings. The normalized spacial score (nSPS) is 14.1. The van der Waals surface area contributed by atoms with E-state index in [9.17, 15) is 9.59 Å². The Morgan fingerprint density at radius 3 is 2.47 bits per heavy atom. The largest absolute Gasteiger partial charge is 0.497 e. The van der Waals surface area contributed by atoms with Gasteiger partial charge in [0.05, 0.1) is 20.1 Å². The molecule has 178 valence electrons. The van der Waals surface area contributed by atoms with Gasteiger partial charge in [0.25, 0.3) is 0 Å². The molecule has 0 unspecified atom stereocenters. The third-order valence-corrected chi connectivity index (χ3v) is 6.18. The lowest BCUT2D eigenvalue weighted by molar-refractivity contribution is -0.132. The highest BCUT2D eigenvalue weighted by Gasteiger charge is 2.22. The van der Waals surface area contributed by atoms with Crippen LogP contribution in [0.15, 0.2) is 70.1 Å². The van der Waals surface area contributed by atoms with Gasteiger partial charge in [0.15, 0.2) is 0 Å². The van der Waals surface area contributed by atoms with E-state index in [1.807, 2.05) is 47.4 Å². The van der Waals surface area contributed by atoms with Gasteiger partial charge in [-0.1, -0.05) is 41.9 Å². The van der Waals surface area contributed by atoms with Gasteiger partial charge < -0.3 is 18.8 Å². The molecule has 0 aliphatic carbocycles. The number of carbonyl (C=O) groups is 1. The topological polar surface area (TPSA) is 72.2 Å². The van der Waals surface area contributed by atoms with Gasteiger partial charge in [-0.05, 0) is 23.8 Å². The first kappa shape index (κ1) is 23.9. The molecule has 1 aliphatic rings. The predicted molar refractivity (Wildman–Crippen MR) is 129 cm³/mol. The maximum Gasteiger partial charge on any atom is 0.227 e. The molecule has 7 nitrogen and oxygen atoms in total. The summed E-state index contributed by atoms with van der Waals surface area (Å²) in [6, 6.07) is 16.3. The third kappa shape index (κ3) is 6.18. The van der Waals surface area contributed by atoms with Gasteiger partial charge in [0.1, 0.15) is 24.4 Å². The fraction of sp³-hybridized carbons (Fsp3) is 0.308. The number of hydrogen-bond acceptors (Lipinski definition) is 6. The maximum absolute atomic E-state index is 12.6. The second-order valence-electron chi connectivity index (χ2n) is 8.14. The highest BCUT2D eigenvalue weighted by atomic mass is 35.5. The summed E-state index contributed by atoms with van der Waals surface area (Å²) in [5.74, 6) is 1.60. The van der Waals surface area contributed by atoms with E-state index in [1.54, 1.807) is 13.2 Å². The quantitative estimate of drug-likeness (QED) is 0.486. The summed E-state index contributed by atoms with van der Waals surface area (Å²) >= 11 is 6.13. The number of amides is 1.